The molecule has 1 aliphatic carbocycles. The summed E-state index contributed by atoms with van der Waals surface area (Å²) in [6.45, 7) is 2.55. The molecule has 3 atom stereocenters. The Balaban J connectivity index is 1.21. The molecule has 3 aliphatic rings. The first-order valence-corrected chi connectivity index (χ1v) is 11.8. The Morgan fingerprint density at radius 1 is 1.03 bits per heavy atom. The molecule has 0 radical (unpaired) electrons. The van der Waals surface area contributed by atoms with Gasteiger partial charge in [-0.25, -0.2) is 0 Å². The molecule has 0 unspecified atom stereocenters. The van der Waals surface area contributed by atoms with E-state index in [1.165, 1.54) is 27.6 Å². The topological polar surface area (TPSA) is 50.8 Å². The van der Waals surface area contributed by atoms with Gasteiger partial charge >= 0.3 is 0 Å². The third-order valence-electron chi connectivity index (χ3n) is 7.23. The lowest BCUT2D eigenvalue weighted by molar-refractivity contribution is -0.137. The average Bonchev–Trinajstić information content (AvgIpc) is 3.38. The van der Waals surface area contributed by atoms with E-state index < -0.39 is 0 Å². The highest BCUT2D eigenvalue weighted by Crippen LogP contribution is 2.51. The number of hydrogen-bond donors (Lipinski definition) is 1. The molecule has 2 aliphatic heterocycles. The van der Waals surface area contributed by atoms with Crippen molar-refractivity contribution in [2.75, 3.05) is 38.2 Å². The highest BCUT2D eigenvalue weighted by atomic mass is 16.5. The van der Waals surface area contributed by atoms with Crippen molar-refractivity contribution in [3.8, 4) is 5.75 Å². The predicted molar refractivity (Wildman–Crippen MR) is 130 cm³/mol. The maximum Gasteiger partial charge on any atom is 0.260 e. The number of nitrogens with one attached hydrogen (secondary N) is 1. The van der Waals surface area contributed by atoms with Crippen LogP contribution < -0.4 is 10.1 Å². The Kier molecular flexibility index (Phi) is 5.27. The van der Waals surface area contributed by atoms with Crippen molar-refractivity contribution in [2.45, 2.75) is 18.4 Å². The fraction of sp³-hybridized carbons (Fsp3) is 0.321. The maximum absolute atomic E-state index is 12.4. The molecular formula is C28H28N2O3. The van der Waals surface area contributed by atoms with Crippen LogP contribution >= 0.6 is 0 Å². The summed E-state index contributed by atoms with van der Waals surface area (Å²) in [5.74, 6) is 1.66. The Hall–Kier alpha value is -3.31. The number of morpholine rings is 1. The van der Waals surface area contributed by atoms with Crippen LogP contribution in [0.25, 0.3) is 10.8 Å². The summed E-state index contributed by atoms with van der Waals surface area (Å²) in [7, 11) is 0. The second kappa shape index (κ2) is 8.56. The molecule has 5 heteroatoms. The van der Waals surface area contributed by atoms with Crippen molar-refractivity contribution in [1.82, 2.24) is 4.90 Å². The van der Waals surface area contributed by atoms with Gasteiger partial charge in [-0.1, -0.05) is 60.7 Å². The normalized spacial score (nSPS) is 23.6. The number of carbonyl (C=O) groups is 1. The van der Waals surface area contributed by atoms with Gasteiger partial charge in [-0.2, -0.15) is 0 Å². The first kappa shape index (κ1) is 20.3. The quantitative estimate of drug-likeness (QED) is 0.586. The number of anilines is 1. The van der Waals surface area contributed by atoms with E-state index in [2.05, 4.69) is 66.0 Å². The summed E-state index contributed by atoms with van der Waals surface area (Å²) in [5, 5.41) is 6.43. The summed E-state index contributed by atoms with van der Waals surface area (Å²) < 4.78 is 11.1. The number of hydrogen-bond acceptors (Lipinski definition) is 4. The summed E-state index contributed by atoms with van der Waals surface area (Å²) >= 11 is 0. The molecule has 0 spiro atoms. The fourth-order valence-electron chi connectivity index (χ4n) is 5.49. The number of benzene rings is 3. The second-order valence-electron chi connectivity index (χ2n) is 9.08. The molecule has 3 aromatic rings. The molecule has 0 bridgehead atoms. The van der Waals surface area contributed by atoms with E-state index in [0.29, 0.717) is 38.1 Å². The molecule has 168 valence electrons. The molecule has 6 rings (SSSR count). The standard InChI is InChI=1S/C28H28N2O3/c31-26(30-14-16-32-17-15-30)18-33-21-11-8-20(9-12-21)27-24-7-3-6-23(24)25-13-10-19-4-1-2-5-22(19)28(25)29-27/h1-6,8-13,23-24,27,29H,7,14-18H2/t23-,24+,27+/m1/s1. The van der Waals surface area contributed by atoms with E-state index in [-0.39, 0.29) is 18.6 Å². The van der Waals surface area contributed by atoms with E-state index in [1.807, 2.05) is 12.1 Å². The van der Waals surface area contributed by atoms with Crippen LogP contribution in [0.2, 0.25) is 0 Å². The van der Waals surface area contributed by atoms with Crippen LogP contribution in [0.4, 0.5) is 5.69 Å². The van der Waals surface area contributed by atoms with Gasteiger partial charge in [0.15, 0.2) is 6.61 Å². The minimum atomic E-state index is 0.0136. The number of amides is 1. The fourth-order valence-corrected chi connectivity index (χ4v) is 5.49. The minimum Gasteiger partial charge on any atom is -0.484 e. The molecule has 5 nitrogen and oxygen atoms in total. The first-order chi connectivity index (χ1) is 16.3. The van der Waals surface area contributed by atoms with Gasteiger partial charge in [-0.15, -0.1) is 0 Å². The predicted octanol–water partition coefficient (Wildman–Crippen LogP) is 4.90. The van der Waals surface area contributed by atoms with Gasteiger partial charge in [0.2, 0.25) is 0 Å². The van der Waals surface area contributed by atoms with Crippen molar-refractivity contribution in [2.24, 2.45) is 5.92 Å². The van der Waals surface area contributed by atoms with E-state index in [4.69, 9.17) is 9.47 Å². The lowest BCUT2D eigenvalue weighted by Crippen LogP contribution is -2.42. The van der Waals surface area contributed by atoms with Crippen molar-refractivity contribution in [3.63, 3.8) is 0 Å². The SMILES string of the molecule is O=C(COc1ccc([C@@H]2Nc3c(ccc4ccccc34)[C@@H]3C=CC[C@@H]32)cc1)N1CCOCC1. The summed E-state index contributed by atoms with van der Waals surface area (Å²) in [6.07, 6.45) is 5.77. The average molecular weight is 441 g/mol. The van der Waals surface area contributed by atoms with Crippen LogP contribution in [0.15, 0.2) is 72.8 Å². The van der Waals surface area contributed by atoms with Gasteiger partial charge < -0.3 is 19.7 Å². The van der Waals surface area contributed by atoms with Crippen LogP contribution in [0.3, 0.4) is 0 Å². The third kappa shape index (κ3) is 3.76. The second-order valence-corrected chi connectivity index (χ2v) is 9.08. The molecule has 0 saturated carbocycles. The van der Waals surface area contributed by atoms with Gasteiger partial charge in [0.1, 0.15) is 5.75 Å². The maximum atomic E-state index is 12.4. The van der Waals surface area contributed by atoms with Crippen LogP contribution in [0, 0.1) is 5.92 Å². The van der Waals surface area contributed by atoms with E-state index in [0.717, 1.165) is 12.2 Å². The number of rotatable bonds is 4. The number of allylic oxidation sites excluding steroid dienone is 2. The molecule has 33 heavy (non-hydrogen) atoms. The number of ether oxygens (including phenoxy) is 2. The van der Waals surface area contributed by atoms with Gasteiger partial charge in [-0.05, 0) is 41.0 Å². The molecule has 0 aromatic heterocycles. The number of nitrogens with zero attached hydrogens (tertiary/aromatic N) is 1. The van der Waals surface area contributed by atoms with Crippen LogP contribution in [-0.2, 0) is 9.53 Å². The zero-order valence-corrected chi connectivity index (χ0v) is 18.6. The highest BCUT2D eigenvalue weighted by molar-refractivity contribution is 5.96. The van der Waals surface area contributed by atoms with Crippen molar-refractivity contribution in [1.29, 1.82) is 0 Å². The van der Waals surface area contributed by atoms with Gasteiger partial charge in [0.25, 0.3) is 5.91 Å². The van der Waals surface area contributed by atoms with Crippen LogP contribution in [0.1, 0.15) is 29.5 Å². The van der Waals surface area contributed by atoms with Crippen LogP contribution in [-0.4, -0.2) is 43.7 Å². The Labute approximate surface area is 194 Å². The smallest absolute Gasteiger partial charge is 0.260 e. The van der Waals surface area contributed by atoms with E-state index in [9.17, 15) is 4.79 Å². The molecule has 2 heterocycles. The number of fused-ring (bicyclic) bond motifs is 5. The summed E-state index contributed by atoms with van der Waals surface area (Å²) in [5.41, 5.74) is 3.90. The molecule has 1 fully saturated rings. The monoisotopic (exact) mass is 440 g/mol. The lowest BCUT2D eigenvalue weighted by atomic mass is 9.76. The Bertz CT molecular complexity index is 1200. The molecule has 1 amide bonds. The van der Waals surface area contributed by atoms with Gasteiger partial charge in [-0.3, -0.25) is 4.79 Å². The summed E-state index contributed by atoms with van der Waals surface area (Å²) in [6, 6.07) is 21.6. The van der Waals surface area contributed by atoms with Gasteiger partial charge in [0.05, 0.1) is 19.3 Å². The Morgan fingerprint density at radius 3 is 2.70 bits per heavy atom. The van der Waals surface area contributed by atoms with Crippen molar-refractivity contribution < 1.29 is 14.3 Å². The molecule has 1 N–H and O–H groups in total. The lowest BCUT2D eigenvalue weighted by Gasteiger charge is -2.38. The molecular weight excluding hydrogens is 412 g/mol. The largest absolute Gasteiger partial charge is 0.484 e. The van der Waals surface area contributed by atoms with Crippen LogP contribution in [0.5, 0.6) is 5.75 Å². The Morgan fingerprint density at radius 2 is 1.85 bits per heavy atom. The summed E-state index contributed by atoms with van der Waals surface area (Å²) in [4.78, 5) is 14.2. The van der Waals surface area contributed by atoms with Crippen molar-refractivity contribution >= 4 is 22.4 Å². The zero-order valence-electron chi connectivity index (χ0n) is 18.6. The molecule has 3 aromatic carbocycles. The highest BCUT2D eigenvalue weighted by Gasteiger charge is 2.38. The first-order valence-electron chi connectivity index (χ1n) is 11.8. The van der Waals surface area contributed by atoms with Crippen molar-refractivity contribution in [3.05, 3.63) is 83.9 Å². The zero-order chi connectivity index (χ0) is 22.2. The van der Waals surface area contributed by atoms with E-state index in [1.54, 1.807) is 4.90 Å². The third-order valence-corrected chi connectivity index (χ3v) is 7.23. The number of carbonyl (C=O) groups excluding carboxylic acids is 1. The van der Waals surface area contributed by atoms with Gasteiger partial charge in [0, 0.05) is 30.1 Å². The van der Waals surface area contributed by atoms with E-state index >= 15 is 0 Å². The minimum absolute atomic E-state index is 0.0136. The molecule has 1 saturated heterocycles.